The van der Waals surface area contributed by atoms with E-state index in [1.807, 2.05) is 43.3 Å². The average Bonchev–Trinajstić information content (AvgIpc) is 2.54. The van der Waals surface area contributed by atoms with Crippen LogP contribution in [-0.4, -0.2) is 17.7 Å². The van der Waals surface area contributed by atoms with Crippen molar-refractivity contribution in [3.63, 3.8) is 0 Å². The van der Waals surface area contributed by atoms with Crippen molar-refractivity contribution in [2.24, 2.45) is 5.92 Å². The van der Waals surface area contributed by atoms with Gasteiger partial charge in [0.15, 0.2) is 0 Å². The van der Waals surface area contributed by atoms with Crippen LogP contribution in [0.25, 0.3) is 0 Å². The zero-order valence-electron chi connectivity index (χ0n) is 12.8. The molecular weight excluding hydrogens is 278 g/mol. The molecule has 0 amide bonds. The van der Waals surface area contributed by atoms with Crippen molar-refractivity contribution in [2.75, 3.05) is 11.9 Å². The molecule has 116 valence electrons. The van der Waals surface area contributed by atoms with Crippen LogP contribution < -0.4 is 5.32 Å². The van der Waals surface area contributed by atoms with Crippen LogP contribution in [0.15, 0.2) is 54.6 Å². The number of benzene rings is 2. The largest absolute Gasteiger partial charge is 0.506 e. The second-order valence-electron chi connectivity index (χ2n) is 5.09. The number of carbonyl (C=O) groups excluding carboxylic acids is 1. The molecule has 1 unspecified atom stereocenters. The minimum atomic E-state index is -0.387. The third kappa shape index (κ3) is 3.79. The normalized spacial score (nSPS) is 13.2. The summed E-state index contributed by atoms with van der Waals surface area (Å²) in [5.74, 6) is -0.499. The Morgan fingerprint density at radius 2 is 1.77 bits per heavy atom. The Morgan fingerprint density at radius 1 is 1.14 bits per heavy atom. The van der Waals surface area contributed by atoms with E-state index in [1.165, 1.54) is 0 Å². The second kappa shape index (κ2) is 7.50. The molecule has 0 bridgehead atoms. The van der Waals surface area contributed by atoms with Gasteiger partial charge in [-0.2, -0.15) is 0 Å². The van der Waals surface area contributed by atoms with E-state index < -0.39 is 0 Å². The highest BCUT2D eigenvalue weighted by atomic mass is 16.5. The van der Waals surface area contributed by atoms with Crippen LogP contribution in [0.3, 0.4) is 0 Å². The van der Waals surface area contributed by atoms with Gasteiger partial charge in [-0.05, 0) is 31.5 Å². The lowest BCUT2D eigenvalue weighted by atomic mass is 9.94. The van der Waals surface area contributed by atoms with Crippen LogP contribution in [0.2, 0.25) is 0 Å². The molecule has 0 saturated carbocycles. The minimum absolute atomic E-state index is 0.152. The highest BCUT2D eigenvalue weighted by molar-refractivity contribution is 5.74. The third-order valence-electron chi connectivity index (χ3n) is 3.53. The van der Waals surface area contributed by atoms with Crippen LogP contribution in [0.4, 0.5) is 5.69 Å². The lowest BCUT2D eigenvalue weighted by Gasteiger charge is -2.25. The quantitative estimate of drug-likeness (QED) is 0.630. The Labute approximate surface area is 130 Å². The van der Waals surface area contributed by atoms with E-state index in [2.05, 4.69) is 5.32 Å². The predicted molar refractivity (Wildman–Crippen MR) is 86.7 cm³/mol. The van der Waals surface area contributed by atoms with Crippen LogP contribution in [-0.2, 0) is 9.53 Å². The summed E-state index contributed by atoms with van der Waals surface area (Å²) < 4.78 is 5.13. The number of anilines is 1. The number of esters is 1. The maximum absolute atomic E-state index is 12.1. The van der Waals surface area contributed by atoms with Crippen molar-refractivity contribution in [1.29, 1.82) is 0 Å². The van der Waals surface area contributed by atoms with Crippen molar-refractivity contribution >= 4 is 11.7 Å². The fourth-order valence-corrected chi connectivity index (χ4v) is 2.33. The van der Waals surface area contributed by atoms with E-state index in [-0.39, 0.29) is 23.7 Å². The van der Waals surface area contributed by atoms with Gasteiger partial charge in [-0.15, -0.1) is 0 Å². The molecule has 0 aliphatic heterocycles. The van der Waals surface area contributed by atoms with Crippen molar-refractivity contribution in [2.45, 2.75) is 19.9 Å². The Morgan fingerprint density at radius 3 is 2.41 bits per heavy atom. The first-order valence-corrected chi connectivity index (χ1v) is 7.39. The molecular formula is C18H21NO3. The Balaban J connectivity index is 2.30. The van der Waals surface area contributed by atoms with Crippen molar-refractivity contribution < 1.29 is 14.6 Å². The second-order valence-corrected chi connectivity index (χ2v) is 5.09. The van der Waals surface area contributed by atoms with Gasteiger partial charge in [0.05, 0.1) is 24.3 Å². The number of hydrogen-bond acceptors (Lipinski definition) is 4. The number of nitrogens with one attached hydrogen (secondary N) is 1. The molecule has 0 spiro atoms. The molecule has 22 heavy (non-hydrogen) atoms. The summed E-state index contributed by atoms with van der Waals surface area (Å²) >= 11 is 0. The standard InChI is InChI=1S/C18H21NO3/c1-3-22-18(21)13(2)17(14-9-5-4-6-10-14)19-15-11-7-8-12-16(15)20/h4-13,17,19-20H,3H2,1-2H3/t13-,17?/m1/s1. The van der Waals surface area contributed by atoms with Gasteiger partial charge >= 0.3 is 5.97 Å². The summed E-state index contributed by atoms with van der Waals surface area (Å²) in [5, 5.41) is 13.2. The van der Waals surface area contributed by atoms with E-state index in [9.17, 15) is 9.90 Å². The van der Waals surface area contributed by atoms with E-state index >= 15 is 0 Å². The lowest BCUT2D eigenvalue weighted by molar-refractivity contribution is -0.147. The van der Waals surface area contributed by atoms with Gasteiger partial charge in [0.1, 0.15) is 5.75 Å². The van der Waals surface area contributed by atoms with Gasteiger partial charge in [0.25, 0.3) is 0 Å². The summed E-state index contributed by atoms with van der Waals surface area (Å²) in [4.78, 5) is 12.1. The number of aromatic hydroxyl groups is 1. The van der Waals surface area contributed by atoms with Gasteiger partial charge in [-0.3, -0.25) is 4.79 Å². The maximum atomic E-state index is 12.1. The number of ether oxygens (including phenoxy) is 1. The summed E-state index contributed by atoms with van der Waals surface area (Å²) in [7, 11) is 0. The molecule has 2 atom stereocenters. The Bertz CT molecular complexity index is 613. The first-order chi connectivity index (χ1) is 10.6. The number of carbonyl (C=O) groups is 1. The summed E-state index contributed by atoms with van der Waals surface area (Å²) in [6, 6.07) is 16.4. The molecule has 0 radical (unpaired) electrons. The first-order valence-electron chi connectivity index (χ1n) is 7.39. The van der Waals surface area contributed by atoms with E-state index in [1.54, 1.807) is 25.1 Å². The summed E-state index contributed by atoms with van der Waals surface area (Å²) in [6.45, 7) is 3.96. The molecule has 2 aromatic carbocycles. The molecule has 0 saturated heterocycles. The molecule has 4 nitrogen and oxygen atoms in total. The summed E-state index contributed by atoms with van der Waals surface area (Å²) in [5.41, 5.74) is 1.55. The number of phenols is 1. The van der Waals surface area contributed by atoms with Crippen LogP contribution >= 0.6 is 0 Å². The monoisotopic (exact) mass is 299 g/mol. The number of hydrogen-bond donors (Lipinski definition) is 2. The van der Waals surface area contributed by atoms with Crippen LogP contribution in [0.1, 0.15) is 25.5 Å². The smallest absolute Gasteiger partial charge is 0.311 e. The molecule has 0 aliphatic carbocycles. The first kappa shape index (κ1) is 15.9. The zero-order chi connectivity index (χ0) is 15.9. The average molecular weight is 299 g/mol. The van der Waals surface area contributed by atoms with E-state index in [0.29, 0.717) is 12.3 Å². The highest BCUT2D eigenvalue weighted by Crippen LogP contribution is 2.31. The van der Waals surface area contributed by atoms with Gasteiger partial charge in [-0.25, -0.2) is 0 Å². The van der Waals surface area contributed by atoms with Crippen molar-refractivity contribution in [3.8, 4) is 5.75 Å². The topological polar surface area (TPSA) is 58.6 Å². The molecule has 0 fully saturated rings. The number of rotatable bonds is 6. The molecule has 0 aliphatic rings. The van der Waals surface area contributed by atoms with E-state index in [4.69, 9.17) is 4.74 Å². The molecule has 0 aromatic heterocycles. The Hall–Kier alpha value is -2.49. The fraction of sp³-hybridized carbons (Fsp3) is 0.278. The zero-order valence-corrected chi connectivity index (χ0v) is 12.8. The highest BCUT2D eigenvalue weighted by Gasteiger charge is 2.27. The van der Waals surface area contributed by atoms with Crippen molar-refractivity contribution in [3.05, 3.63) is 60.2 Å². The van der Waals surface area contributed by atoms with Gasteiger partial charge in [0.2, 0.25) is 0 Å². The third-order valence-corrected chi connectivity index (χ3v) is 3.53. The van der Waals surface area contributed by atoms with E-state index in [0.717, 1.165) is 5.56 Å². The number of para-hydroxylation sites is 2. The van der Waals surface area contributed by atoms with Crippen molar-refractivity contribution in [1.82, 2.24) is 0 Å². The Kier molecular flexibility index (Phi) is 5.42. The van der Waals surface area contributed by atoms with Gasteiger partial charge in [-0.1, -0.05) is 42.5 Å². The molecule has 0 heterocycles. The van der Waals surface area contributed by atoms with Crippen LogP contribution in [0, 0.1) is 5.92 Å². The minimum Gasteiger partial charge on any atom is -0.506 e. The summed E-state index contributed by atoms with van der Waals surface area (Å²) in [6.07, 6.45) is 0. The van der Waals surface area contributed by atoms with Gasteiger partial charge in [0, 0.05) is 0 Å². The SMILES string of the molecule is CCOC(=O)[C@H](C)C(Nc1ccccc1O)c1ccccc1. The molecule has 2 rings (SSSR count). The van der Waals surface area contributed by atoms with Crippen LogP contribution in [0.5, 0.6) is 5.75 Å². The molecule has 2 aromatic rings. The molecule has 4 heteroatoms. The van der Waals surface area contributed by atoms with Gasteiger partial charge < -0.3 is 15.2 Å². The predicted octanol–water partition coefficient (Wildman–Crippen LogP) is 3.74. The lowest BCUT2D eigenvalue weighted by Crippen LogP contribution is -2.27. The maximum Gasteiger partial charge on any atom is 0.311 e. The fourth-order valence-electron chi connectivity index (χ4n) is 2.33. The number of phenolic OH excluding ortho intramolecular Hbond substituents is 1. The molecule has 2 N–H and O–H groups in total.